The van der Waals surface area contributed by atoms with E-state index < -0.39 is 0 Å². The molecule has 3 rings (SSSR count). The number of nitrogens with zero attached hydrogens (tertiary/aromatic N) is 1. The van der Waals surface area contributed by atoms with Crippen LogP contribution in [0.3, 0.4) is 0 Å². The summed E-state index contributed by atoms with van der Waals surface area (Å²) in [6.45, 7) is 5.89. The van der Waals surface area contributed by atoms with Crippen molar-refractivity contribution in [3.63, 3.8) is 0 Å². The Labute approximate surface area is 140 Å². The fourth-order valence-electron chi connectivity index (χ4n) is 2.71. The van der Waals surface area contributed by atoms with Gasteiger partial charge in [0, 0.05) is 56.3 Å². The number of nitrogens with one attached hydrogen (secondary N) is 2. The van der Waals surface area contributed by atoms with E-state index in [-0.39, 0.29) is 5.91 Å². The van der Waals surface area contributed by atoms with E-state index in [9.17, 15) is 4.79 Å². The lowest BCUT2D eigenvalue weighted by Crippen LogP contribution is -2.46. The smallest absolute Gasteiger partial charge is 0.251 e. The Morgan fingerprint density at radius 2 is 1.86 bits per heavy atom. The third kappa shape index (κ3) is 4.41. The molecule has 22 heavy (non-hydrogen) atoms. The van der Waals surface area contributed by atoms with Crippen molar-refractivity contribution < 1.29 is 4.79 Å². The number of amides is 1. The number of carbonyl (C=O) groups is 1. The predicted octanol–water partition coefficient (Wildman–Crippen LogP) is 1.80. The molecule has 1 aromatic carbocycles. The van der Waals surface area contributed by atoms with Crippen LogP contribution in [0, 0.1) is 0 Å². The van der Waals surface area contributed by atoms with Crippen molar-refractivity contribution in [2.75, 3.05) is 50.8 Å². The Bertz CT molecular complexity index is 483. The molecular weight excluding hydrogens is 314 g/mol. The quantitative estimate of drug-likeness (QED) is 0.858. The van der Waals surface area contributed by atoms with Gasteiger partial charge in [-0.25, -0.2) is 0 Å². The van der Waals surface area contributed by atoms with Gasteiger partial charge in [-0.3, -0.25) is 9.69 Å². The van der Waals surface area contributed by atoms with E-state index in [0.717, 1.165) is 44.8 Å². The first-order valence-electron chi connectivity index (χ1n) is 7.87. The third-order valence-electron chi connectivity index (χ3n) is 3.99. The molecule has 6 heteroatoms. The van der Waals surface area contributed by atoms with Crippen LogP contribution < -0.4 is 10.6 Å². The highest BCUT2D eigenvalue weighted by molar-refractivity contribution is 8.19. The van der Waals surface area contributed by atoms with Crippen molar-refractivity contribution in [1.82, 2.24) is 15.5 Å². The number of rotatable bonds is 5. The summed E-state index contributed by atoms with van der Waals surface area (Å²) >= 11 is 3.98. The lowest BCUT2D eigenvalue weighted by atomic mass is 10.1. The Hall–Kier alpha value is -0.690. The van der Waals surface area contributed by atoms with Crippen molar-refractivity contribution in [3.8, 4) is 0 Å². The van der Waals surface area contributed by atoms with Crippen LogP contribution in [-0.2, 0) is 0 Å². The summed E-state index contributed by atoms with van der Waals surface area (Å²) in [5, 5.41) is 6.36. The van der Waals surface area contributed by atoms with E-state index in [4.69, 9.17) is 0 Å². The molecule has 0 unspecified atom stereocenters. The van der Waals surface area contributed by atoms with E-state index in [1.54, 1.807) is 0 Å². The summed E-state index contributed by atoms with van der Waals surface area (Å²) in [6, 6.07) is 8.10. The maximum Gasteiger partial charge on any atom is 0.251 e. The normalized spacial score (nSPS) is 20.2. The van der Waals surface area contributed by atoms with Gasteiger partial charge in [0.15, 0.2) is 0 Å². The molecule has 2 saturated heterocycles. The van der Waals surface area contributed by atoms with Gasteiger partial charge in [-0.1, -0.05) is 12.1 Å². The third-order valence-corrected chi connectivity index (χ3v) is 7.09. The minimum Gasteiger partial charge on any atom is -0.351 e. The minimum absolute atomic E-state index is 0.0356. The van der Waals surface area contributed by atoms with Gasteiger partial charge < -0.3 is 10.6 Å². The molecule has 0 bridgehead atoms. The molecule has 1 amide bonds. The van der Waals surface area contributed by atoms with E-state index in [2.05, 4.69) is 27.7 Å². The van der Waals surface area contributed by atoms with Crippen LogP contribution in [0.25, 0.3) is 0 Å². The first-order valence-corrected chi connectivity index (χ1v) is 9.97. The lowest BCUT2D eigenvalue weighted by molar-refractivity contribution is 0.0947. The molecular formula is C16H23N3OS2. The van der Waals surface area contributed by atoms with Gasteiger partial charge in [0.25, 0.3) is 5.91 Å². The molecule has 0 atom stereocenters. The van der Waals surface area contributed by atoms with Crippen LogP contribution in [0.2, 0.25) is 0 Å². The maximum absolute atomic E-state index is 12.2. The second-order valence-corrected chi connectivity index (χ2v) is 8.27. The average molecular weight is 338 g/mol. The van der Waals surface area contributed by atoms with Crippen LogP contribution in [0.4, 0.5) is 0 Å². The molecule has 2 aliphatic heterocycles. The minimum atomic E-state index is 0.0356. The molecule has 0 aliphatic carbocycles. The average Bonchev–Trinajstić information content (AvgIpc) is 3.10. The summed E-state index contributed by atoms with van der Waals surface area (Å²) in [5.41, 5.74) is 2.09. The molecule has 120 valence electrons. The molecule has 2 heterocycles. The molecule has 0 aromatic heterocycles. The number of carbonyl (C=O) groups excluding carboxylic acids is 1. The number of hydrogen-bond acceptors (Lipinski definition) is 5. The fourth-order valence-corrected chi connectivity index (χ4v) is 5.57. The number of thioether (sulfide) groups is 2. The number of hydrogen-bond donors (Lipinski definition) is 2. The number of piperazine rings is 1. The van der Waals surface area contributed by atoms with Gasteiger partial charge in [0.05, 0.1) is 4.58 Å². The zero-order valence-corrected chi connectivity index (χ0v) is 14.3. The van der Waals surface area contributed by atoms with Crippen LogP contribution in [0.5, 0.6) is 0 Å². The van der Waals surface area contributed by atoms with Gasteiger partial charge in [0.1, 0.15) is 0 Å². The predicted molar refractivity (Wildman–Crippen MR) is 95.7 cm³/mol. The van der Waals surface area contributed by atoms with E-state index >= 15 is 0 Å². The van der Waals surface area contributed by atoms with Crippen molar-refractivity contribution in [3.05, 3.63) is 35.4 Å². The molecule has 4 nitrogen and oxygen atoms in total. The van der Waals surface area contributed by atoms with Crippen LogP contribution in [-0.4, -0.2) is 61.6 Å². The van der Waals surface area contributed by atoms with Crippen molar-refractivity contribution in [2.24, 2.45) is 0 Å². The Morgan fingerprint density at radius 3 is 2.55 bits per heavy atom. The summed E-state index contributed by atoms with van der Waals surface area (Å²) < 4.78 is 0.546. The van der Waals surface area contributed by atoms with Gasteiger partial charge in [0.2, 0.25) is 0 Å². The van der Waals surface area contributed by atoms with Crippen molar-refractivity contribution in [1.29, 1.82) is 0 Å². The summed E-state index contributed by atoms with van der Waals surface area (Å²) in [4.78, 5) is 14.5. The molecule has 2 aliphatic rings. The van der Waals surface area contributed by atoms with Crippen LogP contribution >= 0.6 is 23.5 Å². The molecule has 0 radical (unpaired) electrons. The fraction of sp³-hybridized carbons (Fsp3) is 0.562. The Kier molecular flexibility index (Phi) is 6.06. The Balaban J connectivity index is 1.45. The van der Waals surface area contributed by atoms with Gasteiger partial charge in [-0.15, -0.1) is 23.5 Å². The summed E-state index contributed by atoms with van der Waals surface area (Å²) in [6.07, 6.45) is 0. The van der Waals surface area contributed by atoms with Crippen LogP contribution in [0.1, 0.15) is 20.5 Å². The molecule has 2 N–H and O–H groups in total. The number of benzene rings is 1. The van der Waals surface area contributed by atoms with Crippen molar-refractivity contribution in [2.45, 2.75) is 4.58 Å². The highest BCUT2D eigenvalue weighted by Gasteiger charge is 2.18. The van der Waals surface area contributed by atoms with Gasteiger partial charge in [-0.05, 0) is 17.7 Å². The molecule has 2 fully saturated rings. The van der Waals surface area contributed by atoms with E-state index in [1.165, 1.54) is 17.1 Å². The second kappa shape index (κ2) is 8.24. The van der Waals surface area contributed by atoms with Gasteiger partial charge >= 0.3 is 0 Å². The summed E-state index contributed by atoms with van der Waals surface area (Å²) in [5.74, 6) is 2.49. The zero-order valence-electron chi connectivity index (χ0n) is 12.7. The molecule has 0 saturated carbocycles. The molecule has 0 spiro atoms. The second-order valence-electron chi connectivity index (χ2n) is 5.54. The Morgan fingerprint density at radius 1 is 1.18 bits per heavy atom. The van der Waals surface area contributed by atoms with Crippen molar-refractivity contribution >= 4 is 29.4 Å². The van der Waals surface area contributed by atoms with E-state index in [1.807, 2.05) is 35.7 Å². The monoisotopic (exact) mass is 337 g/mol. The topological polar surface area (TPSA) is 44.4 Å². The lowest BCUT2D eigenvalue weighted by Gasteiger charge is -2.27. The first-order chi connectivity index (χ1) is 10.8. The van der Waals surface area contributed by atoms with Crippen LogP contribution in [0.15, 0.2) is 24.3 Å². The summed E-state index contributed by atoms with van der Waals surface area (Å²) in [7, 11) is 0. The zero-order chi connectivity index (χ0) is 15.2. The first kappa shape index (κ1) is 16.2. The SMILES string of the molecule is O=C(NCCN1CCNCC1)c1ccc(C2SCCS2)cc1. The highest BCUT2D eigenvalue weighted by Crippen LogP contribution is 2.45. The standard InChI is InChI=1S/C16H23N3OS2/c20-15(18-7-10-19-8-5-17-6-9-19)13-1-3-14(4-2-13)16-21-11-12-22-16/h1-4,16-17H,5-12H2,(H,18,20). The largest absolute Gasteiger partial charge is 0.351 e. The highest BCUT2D eigenvalue weighted by atomic mass is 32.2. The van der Waals surface area contributed by atoms with Gasteiger partial charge in [-0.2, -0.15) is 0 Å². The molecule has 1 aromatic rings. The van der Waals surface area contributed by atoms with E-state index in [0.29, 0.717) is 4.58 Å². The maximum atomic E-state index is 12.2.